The maximum absolute atomic E-state index is 6.03. The summed E-state index contributed by atoms with van der Waals surface area (Å²) in [5, 5.41) is 4.71. The molecule has 0 aliphatic heterocycles. The van der Waals surface area contributed by atoms with Crippen LogP contribution >= 0.6 is 27.5 Å². The third kappa shape index (κ3) is 2.32. The summed E-state index contributed by atoms with van der Waals surface area (Å²) in [6.07, 6.45) is 0. The highest BCUT2D eigenvalue weighted by molar-refractivity contribution is 9.10. The van der Waals surface area contributed by atoms with Crippen LogP contribution in [-0.4, -0.2) is 5.16 Å². The number of aromatic nitrogens is 1. The fraction of sp³-hybridized carbons (Fsp3) is 0. The van der Waals surface area contributed by atoms with E-state index in [0.717, 1.165) is 21.2 Å². The van der Waals surface area contributed by atoms with Gasteiger partial charge >= 0.3 is 0 Å². The molecule has 0 aliphatic rings. The Hall–Kier alpha value is -1.78. The second kappa shape index (κ2) is 5.31. The Morgan fingerprint density at radius 2 is 1.90 bits per heavy atom. The third-order valence-corrected chi connectivity index (χ3v) is 3.89. The summed E-state index contributed by atoms with van der Waals surface area (Å²) in [5.41, 5.74) is 9.17. The summed E-state index contributed by atoms with van der Waals surface area (Å²) in [5.74, 6) is 0.284. The largest absolute Gasteiger partial charge is 0.367 e. The van der Waals surface area contributed by atoms with Crippen LogP contribution < -0.4 is 5.73 Å². The summed E-state index contributed by atoms with van der Waals surface area (Å²) >= 11 is 9.55. The van der Waals surface area contributed by atoms with Crippen LogP contribution in [0, 0.1) is 0 Å². The molecule has 3 aromatic rings. The van der Waals surface area contributed by atoms with Gasteiger partial charge in [0.25, 0.3) is 0 Å². The van der Waals surface area contributed by atoms with Crippen molar-refractivity contribution in [3.8, 4) is 22.4 Å². The zero-order valence-electron chi connectivity index (χ0n) is 10.3. The summed E-state index contributed by atoms with van der Waals surface area (Å²) < 4.78 is 6.09. The van der Waals surface area contributed by atoms with Gasteiger partial charge in [-0.15, -0.1) is 0 Å². The van der Waals surface area contributed by atoms with Gasteiger partial charge in [-0.2, -0.15) is 0 Å². The van der Waals surface area contributed by atoms with Crippen LogP contribution in [0.2, 0.25) is 5.02 Å². The first-order valence-corrected chi connectivity index (χ1v) is 7.10. The molecule has 0 saturated carbocycles. The van der Waals surface area contributed by atoms with Crippen molar-refractivity contribution < 1.29 is 4.52 Å². The number of nitrogens with two attached hydrogens (primary N) is 1. The summed E-state index contributed by atoms with van der Waals surface area (Å²) in [6.45, 7) is 0. The van der Waals surface area contributed by atoms with Crippen LogP contribution in [-0.2, 0) is 0 Å². The molecule has 20 heavy (non-hydrogen) atoms. The summed E-state index contributed by atoms with van der Waals surface area (Å²) in [7, 11) is 0. The van der Waals surface area contributed by atoms with Crippen LogP contribution in [0.25, 0.3) is 22.4 Å². The Morgan fingerprint density at radius 3 is 2.65 bits per heavy atom. The Balaban J connectivity index is 2.23. The van der Waals surface area contributed by atoms with E-state index in [9.17, 15) is 0 Å². The molecular formula is C15H10BrClN2O. The highest BCUT2D eigenvalue weighted by atomic mass is 79.9. The van der Waals surface area contributed by atoms with Gasteiger partial charge in [0.1, 0.15) is 5.69 Å². The first kappa shape index (κ1) is 13.2. The molecule has 5 heteroatoms. The van der Waals surface area contributed by atoms with Gasteiger partial charge in [-0.25, -0.2) is 0 Å². The quantitative estimate of drug-likeness (QED) is 0.708. The van der Waals surface area contributed by atoms with E-state index in [-0.39, 0.29) is 5.88 Å². The van der Waals surface area contributed by atoms with Crippen LogP contribution in [0.5, 0.6) is 0 Å². The number of nitrogen functional groups attached to an aromatic ring is 1. The van der Waals surface area contributed by atoms with Gasteiger partial charge in [0, 0.05) is 20.6 Å². The van der Waals surface area contributed by atoms with Crippen molar-refractivity contribution in [2.75, 3.05) is 5.73 Å². The molecule has 100 valence electrons. The van der Waals surface area contributed by atoms with Crippen LogP contribution in [0.1, 0.15) is 0 Å². The Labute approximate surface area is 129 Å². The second-order valence-corrected chi connectivity index (χ2v) is 5.55. The second-order valence-electron chi connectivity index (χ2n) is 4.26. The van der Waals surface area contributed by atoms with Crippen molar-refractivity contribution >= 4 is 33.4 Å². The zero-order valence-corrected chi connectivity index (χ0v) is 12.6. The molecule has 0 unspecified atom stereocenters. The molecule has 2 aromatic carbocycles. The fourth-order valence-electron chi connectivity index (χ4n) is 2.06. The monoisotopic (exact) mass is 348 g/mol. The van der Waals surface area contributed by atoms with Gasteiger partial charge in [-0.3, -0.25) is 0 Å². The molecule has 0 spiro atoms. The fourth-order valence-corrected chi connectivity index (χ4v) is 2.73. The minimum atomic E-state index is 0.284. The van der Waals surface area contributed by atoms with Crippen molar-refractivity contribution in [1.82, 2.24) is 5.16 Å². The van der Waals surface area contributed by atoms with E-state index in [1.165, 1.54) is 0 Å². The molecule has 1 heterocycles. The summed E-state index contributed by atoms with van der Waals surface area (Å²) in [6, 6.07) is 15.2. The summed E-state index contributed by atoms with van der Waals surface area (Å²) in [4.78, 5) is 0. The normalized spacial score (nSPS) is 10.7. The lowest BCUT2D eigenvalue weighted by atomic mass is 10.0. The lowest BCUT2D eigenvalue weighted by Crippen LogP contribution is -1.88. The third-order valence-electron chi connectivity index (χ3n) is 2.96. The van der Waals surface area contributed by atoms with E-state index in [2.05, 4.69) is 21.1 Å². The number of anilines is 1. The first-order valence-electron chi connectivity index (χ1n) is 5.93. The number of halogens is 2. The molecule has 0 radical (unpaired) electrons. The average Bonchev–Trinajstić information content (AvgIpc) is 2.81. The predicted molar refractivity (Wildman–Crippen MR) is 84.5 cm³/mol. The molecular weight excluding hydrogens is 340 g/mol. The number of hydrogen-bond donors (Lipinski definition) is 1. The average molecular weight is 350 g/mol. The molecule has 0 bridgehead atoms. The lowest BCUT2D eigenvalue weighted by molar-refractivity contribution is 0.439. The molecule has 0 saturated heterocycles. The Bertz CT molecular complexity index is 770. The number of rotatable bonds is 2. The molecule has 3 nitrogen and oxygen atoms in total. The predicted octanol–water partition coefficient (Wildman–Crippen LogP) is 5.01. The molecule has 0 atom stereocenters. The smallest absolute Gasteiger partial charge is 0.230 e. The molecule has 3 rings (SSSR count). The maximum Gasteiger partial charge on any atom is 0.230 e. The zero-order chi connectivity index (χ0) is 14.1. The van der Waals surface area contributed by atoms with Crippen LogP contribution in [0.4, 0.5) is 5.88 Å². The highest BCUT2D eigenvalue weighted by Gasteiger charge is 2.19. The van der Waals surface area contributed by atoms with E-state index < -0.39 is 0 Å². The molecule has 2 N–H and O–H groups in total. The first-order chi connectivity index (χ1) is 9.66. The minimum absolute atomic E-state index is 0.284. The molecule has 0 fully saturated rings. The van der Waals surface area contributed by atoms with Crippen molar-refractivity contribution in [3.63, 3.8) is 0 Å². The van der Waals surface area contributed by atoms with Crippen LogP contribution in [0.3, 0.4) is 0 Å². The number of hydrogen-bond acceptors (Lipinski definition) is 3. The molecule has 0 amide bonds. The van der Waals surface area contributed by atoms with Crippen molar-refractivity contribution in [1.29, 1.82) is 0 Å². The van der Waals surface area contributed by atoms with Gasteiger partial charge in [-0.05, 0) is 18.2 Å². The molecule has 1 aromatic heterocycles. The number of benzene rings is 2. The SMILES string of the molecule is Nc1onc(-c2cccc(Cl)c2)c1-c1ccccc1Br. The van der Waals surface area contributed by atoms with E-state index in [4.69, 9.17) is 21.9 Å². The Kier molecular flexibility index (Phi) is 3.51. The van der Waals surface area contributed by atoms with Gasteiger partial charge in [0.15, 0.2) is 0 Å². The number of nitrogens with zero attached hydrogens (tertiary/aromatic N) is 1. The van der Waals surface area contributed by atoms with E-state index in [1.807, 2.05) is 48.5 Å². The standard InChI is InChI=1S/C15H10BrClN2O/c16-12-7-2-1-6-11(12)13-14(19-20-15(13)18)9-4-3-5-10(17)8-9/h1-8H,18H2. The van der Waals surface area contributed by atoms with E-state index >= 15 is 0 Å². The van der Waals surface area contributed by atoms with Crippen LogP contribution in [0.15, 0.2) is 57.5 Å². The topological polar surface area (TPSA) is 52.0 Å². The van der Waals surface area contributed by atoms with Crippen molar-refractivity contribution in [3.05, 3.63) is 58.0 Å². The minimum Gasteiger partial charge on any atom is -0.367 e. The highest BCUT2D eigenvalue weighted by Crippen LogP contribution is 2.39. The van der Waals surface area contributed by atoms with Gasteiger partial charge in [-0.1, -0.05) is 63.0 Å². The molecule has 0 aliphatic carbocycles. The maximum atomic E-state index is 6.03. The van der Waals surface area contributed by atoms with Gasteiger partial charge in [0.2, 0.25) is 5.88 Å². The lowest BCUT2D eigenvalue weighted by Gasteiger charge is -2.05. The van der Waals surface area contributed by atoms with Gasteiger partial charge in [0.05, 0.1) is 5.56 Å². The Morgan fingerprint density at radius 1 is 1.10 bits per heavy atom. The van der Waals surface area contributed by atoms with E-state index in [1.54, 1.807) is 0 Å². The van der Waals surface area contributed by atoms with E-state index in [0.29, 0.717) is 10.7 Å². The van der Waals surface area contributed by atoms with Gasteiger partial charge < -0.3 is 10.3 Å². The van der Waals surface area contributed by atoms with Crippen molar-refractivity contribution in [2.45, 2.75) is 0 Å². The van der Waals surface area contributed by atoms with Crippen molar-refractivity contribution in [2.24, 2.45) is 0 Å².